The van der Waals surface area contributed by atoms with Crippen molar-refractivity contribution in [3.63, 3.8) is 0 Å². The Morgan fingerprint density at radius 2 is 1.95 bits per heavy atom. The Bertz CT molecular complexity index is 636. The number of carbonyl (C=O) groups excluding carboxylic acids is 1. The molecular weight excluding hydrogens is 282 g/mol. The predicted molar refractivity (Wildman–Crippen MR) is 79.1 cm³/mol. The van der Waals surface area contributed by atoms with E-state index < -0.39 is 24.2 Å². The van der Waals surface area contributed by atoms with Gasteiger partial charge in [-0.15, -0.1) is 0 Å². The number of aliphatic hydroxyl groups excluding tert-OH is 2. The average Bonchev–Trinajstić information content (AvgIpc) is 2.85. The smallest absolute Gasteiger partial charge is 0.271 e. The van der Waals surface area contributed by atoms with Gasteiger partial charge in [-0.05, 0) is 12.0 Å². The highest BCUT2D eigenvalue weighted by molar-refractivity contribution is 5.92. The fraction of sp³-hybridized carbons (Fsp3) is 0.312. The molecule has 114 valence electrons. The van der Waals surface area contributed by atoms with Crippen LogP contribution in [0, 0.1) is 0 Å². The zero-order valence-electron chi connectivity index (χ0n) is 11.8. The molecule has 3 rings (SSSR count). The van der Waals surface area contributed by atoms with E-state index in [1.165, 1.54) is 18.6 Å². The fourth-order valence-corrected chi connectivity index (χ4v) is 2.89. The van der Waals surface area contributed by atoms with E-state index in [1.807, 2.05) is 30.3 Å². The molecular formula is C16H17N3O3. The summed E-state index contributed by atoms with van der Waals surface area (Å²) in [5.41, 5.74) is 1.16. The van der Waals surface area contributed by atoms with E-state index in [-0.39, 0.29) is 11.6 Å². The molecule has 1 fully saturated rings. The molecule has 0 aliphatic heterocycles. The molecule has 6 nitrogen and oxygen atoms in total. The summed E-state index contributed by atoms with van der Waals surface area (Å²) < 4.78 is 0. The molecule has 6 heteroatoms. The summed E-state index contributed by atoms with van der Waals surface area (Å²) in [5.74, 6) is -0.556. The summed E-state index contributed by atoms with van der Waals surface area (Å²) in [7, 11) is 0. The normalized spacial score (nSPS) is 27.5. The van der Waals surface area contributed by atoms with Crippen LogP contribution in [0.4, 0.5) is 0 Å². The van der Waals surface area contributed by atoms with Crippen molar-refractivity contribution in [3.05, 3.63) is 60.2 Å². The van der Waals surface area contributed by atoms with Crippen LogP contribution in [0.15, 0.2) is 48.9 Å². The van der Waals surface area contributed by atoms with Gasteiger partial charge in [-0.1, -0.05) is 30.3 Å². The summed E-state index contributed by atoms with van der Waals surface area (Å²) in [6.07, 6.45) is 2.81. The van der Waals surface area contributed by atoms with Gasteiger partial charge in [-0.25, -0.2) is 4.98 Å². The first-order valence-corrected chi connectivity index (χ1v) is 7.15. The minimum atomic E-state index is -1.01. The van der Waals surface area contributed by atoms with Crippen molar-refractivity contribution in [3.8, 4) is 0 Å². The standard InChI is InChI=1S/C16H17N3O3/c20-13-8-11(10-4-2-1-3-5-10)14(15(13)21)19-16(22)12-9-17-6-7-18-12/h1-7,9,11,13-15,20-21H,8H2,(H,19,22)/t11-,13-,14-,15-/m1/s1. The van der Waals surface area contributed by atoms with Gasteiger partial charge in [0.1, 0.15) is 11.8 Å². The van der Waals surface area contributed by atoms with Crippen LogP contribution in [0.5, 0.6) is 0 Å². The van der Waals surface area contributed by atoms with Crippen LogP contribution in [0.2, 0.25) is 0 Å². The second kappa shape index (κ2) is 6.21. The van der Waals surface area contributed by atoms with Crippen molar-refractivity contribution in [1.82, 2.24) is 15.3 Å². The molecule has 1 aliphatic rings. The Kier molecular flexibility index (Phi) is 4.13. The maximum absolute atomic E-state index is 12.2. The molecule has 1 saturated carbocycles. The lowest BCUT2D eigenvalue weighted by molar-refractivity contribution is 0.0294. The fourth-order valence-electron chi connectivity index (χ4n) is 2.89. The van der Waals surface area contributed by atoms with Crippen molar-refractivity contribution in [2.75, 3.05) is 0 Å². The Hall–Kier alpha value is -2.31. The highest BCUT2D eigenvalue weighted by atomic mass is 16.3. The molecule has 3 N–H and O–H groups in total. The first kappa shape index (κ1) is 14.6. The van der Waals surface area contributed by atoms with Crippen LogP contribution in [-0.4, -0.2) is 44.3 Å². The maximum Gasteiger partial charge on any atom is 0.271 e. The molecule has 1 aromatic carbocycles. The van der Waals surface area contributed by atoms with Gasteiger partial charge < -0.3 is 15.5 Å². The first-order valence-electron chi connectivity index (χ1n) is 7.15. The minimum Gasteiger partial charge on any atom is -0.390 e. The van der Waals surface area contributed by atoms with E-state index in [0.717, 1.165) is 5.56 Å². The van der Waals surface area contributed by atoms with Crippen molar-refractivity contribution in [2.24, 2.45) is 0 Å². The van der Waals surface area contributed by atoms with E-state index in [4.69, 9.17) is 0 Å². The van der Waals surface area contributed by atoms with Gasteiger partial charge in [0.15, 0.2) is 0 Å². The van der Waals surface area contributed by atoms with E-state index in [9.17, 15) is 15.0 Å². The van der Waals surface area contributed by atoms with Crippen LogP contribution < -0.4 is 5.32 Å². The number of amides is 1. The lowest BCUT2D eigenvalue weighted by Crippen LogP contribution is -2.45. The SMILES string of the molecule is O=C(N[C@H]1[C@H](O)[C@H](O)C[C@@H]1c1ccccc1)c1cnccn1. The number of nitrogens with zero attached hydrogens (tertiary/aromatic N) is 2. The van der Waals surface area contributed by atoms with E-state index in [0.29, 0.717) is 6.42 Å². The van der Waals surface area contributed by atoms with Crippen molar-refractivity contribution >= 4 is 5.91 Å². The van der Waals surface area contributed by atoms with Gasteiger partial charge in [0.05, 0.1) is 18.3 Å². The number of aromatic nitrogens is 2. The van der Waals surface area contributed by atoms with E-state index >= 15 is 0 Å². The molecule has 4 atom stereocenters. The largest absolute Gasteiger partial charge is 0.390 e. The maximum atomic E-state index is 12.2. The van der Waals surface area contributed by atoms with E-state index in [1.54, 1.807) is 0 Å². The number of hydrogen-bond acceptors (Lipinski definition) is 5. The van der Waals surface area contributed by atoms with Gasteiger partial charge >= 0.3 is 0 Å². The summed E-state index contributed by atoms with van der Waals surface area (Å²) in [6.45, 7) is 0. The zero-order valence-corrected chi connectivity index (χ0v) is 11.8. The second-order valence-electron chi connectivity index (χ2n) is 5.40. The Balaban J connectivity index is 1.82. The van der Waals surface area contributed by atoms with Crippen LogP contribution in [0.25, 0.3) is 0 Å². The molecule has 1 aliphatic carbocycles. The van der Waals surface area contributed by atoms with Gasteiger partial charge in [0, 0.05) is 18.3 Å². The van der Waals surface area contributed by atoms with Crippen LogP contribution in [0.3, 0.4) is 0 Å². The number of hydrogen-bond donors (Lipinski definition) is 3. The summed E-state index contributed by atoms with van der Waals surface area (Å²) in [5, 5.41) is 22.9. The third kappa shape index (κ3) is 2.84. The molecule has 22 heavy (non-hydrogen) atoms. The topological polar surface area (TPSA) is 95.3 Å². The highest BCUT2D eigenvalue weighted by Gasteiger charge is 2.43. The van der Waals surface area contributed by atoms with Gasteiger partial charge in [0.2, 0.25) is 0 Å². The molecule has 0 saturated heterocycles. The monoisotopic (exact) mass is 299 g/mol. The zero-order chi connectivity index (χ0) is 15.5. The van der Waals surface area contributed by atoms with Gasteiger partial charge in [0.25, 0.3) is 5.91 Å². The number of aliphatic hydroxyl groups is 2. The Morgan fingerprint density at radius 1 is 1.18 bits per heavy atom. The lowest BCUT2D eigenvalue weighted by Gasteiger charge is -2.23. The van der Waals surface area contributed by atoms with Gasteiger partial charge in [-0.3, -0.25) is 9.78 Å². The van der Waals surface area contributed by atoms with Crippen molar-refractivity contribution < 1.29 is 15.0 Å². The van der Waals surface area contributed by atoms with Gasteiger partial charge in [-0.2, -0.15) is 0 Å². The minimum absolute atomic E-state index is 0.146. The molecule has 1 heterocycles. The highest BCUT2D eigenvalue weighted by Crippen LogP contribution is 2.35. The second-order valence-corrected chi connectivity index (χ2v) is 5.40. The van der Waals surface area contributed by atoms with Crippen LogP contribution in [0.1, 0.15) is 28.4 Å². The Labute approximate surface area is 127 Å². The number of rotatable bonds is 3. The number of nitrogens with one attached hydrogen (secondary N) is 1. The summed E-state index contributed by atoms with van der Waals surface area (Å²) in [4.78, 5) is 20.0. The van der Waals surface area contributed by atoms with Crippen LogP contribution in [-0.2, 0) is 0 Å². The molecule has 0 spiro atoms. The van der Waals surface area contributed by atoms with E-state index in [2.05, 4.69) is 15.3 Å². The molecule has 0 radical (unpaired) electrons. The summed E-state index contributed by atoms with van der Waals surface area (Å²) in [6, 6.07) is 8.99. The molecule has 2 aromatic rings. The molecule has 1 aromatic heterocycles. The lowest BCUT2D eigenvalue weighted by atomic mass is 9.93. The summed E-state index contributed by atoms with van der Waals surface area (Å²) >= 11 is 0. The predicted octanol–water partition coefficient (Wildman–Crippen LogP) is 0.484. The van der Waals surface area contributed by atoms with Crippen molar-refractivity contribution in [2.45, 2.75) is 30.6 Å². The average molecular weight is 299 g/mol. The van der Waals surface area contributed by atoms with Crippen LogP contribution >= 0.6 is 0 Å². The molecule has 0 bridgehead atoms. The Morgan fingerprint density at radius 3 is 2.64 bits per heavy atom. The molecule has 0 unspecified atom stereocenters. The van der Waals surface area contributed by atoms with Crippen molar-refractivity contribution in [1.29, 1.82) is 0 Å². The number of benzene rings is 1. The quantitative estimate of drug-likeness (QED) is 0.766. The molecule has 1 amide bonds. The third-order valence-corrected chi connectivity index (χ3v) is 4.01. The third-order valence-electron chi connectivity index (χ3n) is 4.01. The first-order chi connectivity index (χ1) is 10.7. The number of carbonyl (C=O) groups is 1.